The van der Waals surface area contributed by atoms with E-state index in [-0.39, 0.29) is 6.04 Å². The summed E-state index contributed by atoms with van der Waals surface area (Å²) in [6, 6.07) is 6.06. The van der Waals surface area contributed by atoms with Crippen LogP contribution < -0.4 is 11.0 Å². The van der Waals surface area contributed by atoms with Crippen LogP contribution in [0.3, 0.4) is 0 Å². The van der Waals surface area contributed by atoms with Crippen molar-refractivity contribution in [3.05, 3.63) is 27.3 Å². The van der Waals surface area contributed by atoms with E-state index in [1.165, 1.54) is 0 Å². The summed E-state index contributed by atoms with van der Waals surface area (Å²) < 4.78 is 1.06. The lowest BCUT2D eigenvalue weighted by Gasteiger charge is -2.11. The van der Waals surface area contributed by atoms with E-state index in [2.05, 4.69) is 27.8 Å². The van der Waals surface area contributed by atoms with Gasteiger partial charge >= 0.3 is 0 Å². The summed E-state index contributed by atoms with van der Waals surface area (Å²) in [7, 11) is 5.31. The van der Waals surface area contributed by atoms with Crippen LogP contribution in [-0.4, -0.2) is 7.98 Å². The lowest BCUT2D eigenvalue weighted by molar-refractivity contribution is 0.744. The van der Waals surface area contributed by atoms with E-state index in [4.69, 9.17) is 13.7 Å². The predicted molar refractivity (Wildman–Crippen MR) is 60.9 cm³/mol. The minimum atomic E-state index is 0.166. The highest BCUT2D eigenvalue weighted by molar-refractivity contribution is 14.1. The Morgan fingerprint density at radius 1 is 1.58 bits per heavy atom. The van der Waals surface area contributed by atoms with Gasteiger partial charge in [-0.15, -0.1) is 0 Å². The molecule has 2 nitrogen and oxygen atoms in total. The third-order valence-corrected chi connectivity index (χ3v) is 2.71. The fraction of sp³-hybridized carbons (Fsp3) is 0.250. The molecule has 0 aromatic heterocycles. The molecule has 1 aromatic carbocycles. The number of benzene rings is 1. The summed E-state index contributed by atoms with van der Waals surface area (Å²) in [5.41, 5.74) is 7.63. The molecule has 0 heterocycles. The van der Waals surface area contributed by atoms with Gasteiger partial charge in [0.1, 0.15) is 0 Å². The molecular weight excluding hydrogens is 262 g/mol. The van der Waals surface area contributed by atoms with Gasteiger partial charge in [0.25, 0.3) is 0 Å². The molecule has 0 saturated carbocycles. The van der Waals surface area contributed by atoms with Crippen molar-refractivity contribution < 1.29 is 0 Å². The zero-order chi connectivity index (χ0) is 9.14. The number of nitrogens with one attached hydrogen (secondary N) is 1. The monoisotopic (exact) mass is 272 g/mol. The molecule has 0 amide bonds. The minimum Gasteiger partial charge on any atom is -0.398 e. The molecule has 0 bridgehead atoms. The lowest BCUT2D eigenvalue weighted by Crippen LogP contribution is -2.14. The van der Waals surface area contributed by atoms with Crippen LogP contribution in [0.1, 0.15) is 18.5 Å². The highest BCUT2D eigenvalue weighted by Crippen LogP contribution is 2.20. The number of nitrogens with two attached hydrogens (primary N) is 1. The van der Waals surface area contributed by atoms with Gasteiger partial charge in [-0.3, -0.25) is 0 Å². The van der Waals surface area contributed by atoms with Crippen molar-refractivity contribution in [3.63, 3.8) is 0 Å². The Bertz CT molecular complexity index is 278. The van der Waals surface area contributed by atoms with Gasteiger partial charge < -0.3 is 11.0 Å². The van der Waals surface area contributed by atoms with E-state index >= 15 is 0 Å². The van der Waals surface area contributed by atoms with E-state index in [0.717, 1.165) is 14.8 Å². The first-order valence-electron chi connectivity index (χ1n) is 3.66. The van der Waals surface area contributed by atoms with Gasteiger partial charge in [0.05, 0.1) is 0 Å². The summed E-state index contributed by atoms with van der Waals surface area (Å²) in [5.74, 6) is 0. The van der Waals surface area contributed by atoms with Crippen LogP contribution in [0, 0.1) is 3.57 Å². The second-order valence-electron chi connectivity index (χ2n) is 2.67. The van der Waals surface area contributed by atoms with Crippen LogP contribution in [0.2, 0.25) is 0 Å². The van der Waals surface area contributed by atoms with Crippen molar-refractivity contribution >= 4 is 36.3 Å². The zero-order valence-corrected chi connectivity index (χ0v) is 9.00. The van der Waals surface area contributed by atoms with Crippen LogP contribution in [-0.2, 0) is 0 Å². The van der Waals surface area contributed by atoms with E-state index in [9.17, 15) is 0 Å². The molecule has 12 heavy (non-hydrogen) atoms. The maximum atomic E-state index is 5.67. The fourth-order valence-electron chi connectivity index (χ4n) is 0.909. The van der Waals surface area contributed by atoms with Crippen LogP contribution in [0.5, 0.6) is 0 Å². The minimum absolute atomic E-state index is 0.166. The first-order valence-corrected chi connectivity index (χ1v) is 4.74. The normalized spacial score (nSPS) is 12.8. The predicted octanol–water partition coefficient (Wildman–Crippen LogP) is 1.61. The molecule has 0 aliphatic carbocycles. The van der Waals surface area contributed by atoms with E-state index in [1.807, 2.05) is 25.1 Å². The van der Waals surface area contributed by atoms with Crippen LogP contribution in [0.25, 0.3) is 0 Å². The van der Waals surface area contributed by atoms with Crippen LogP contribution in [0.15, 0.2) is 18.2 Å². The molecule has 0 aliphatic heterocycles. The molecular formula is C8H10BIN2. The molecule has 0 aliphatic rings. The summed E-state index contributed by atoms with van der Waals surface area (Å²) in [4.78, 5) is 0. The van der Waals surface area contributed by atoms with Crippen molar-refractivity contribution in [3.8, 4) is 0 Å². The van der Waals surface area contributed by atoms with E-state index in [0.29, 0.717) is 0 Å². The molecule has 4 heteroatoms. The lowest BCUT2D eigenvalue weighted by atomic mass is 10.1. The van der Waals surface area contributed by atoms with E-state index < -0.39 is 0 Å². The van der Waals surface area contributed by atoms with E-state index in [1.54, 1.807) is 0 Å². The van der Waals surface area contributed by atoms with Gasteiger partial charge in [-0.1, -0.05) is 6.07 Å². The van der Waals surface area contributed by atoms with Gasteiger partial charge in [-0.25, -0.2) is 0 Å². The first kappa shape index (κ1) is 9.86. The Hall–Kier alpha value is -0.225. The SMILES string of the molecule is [B]N[C@H](C)c1ccc(N)c(I)c1. The Kier molecular flexibility index (Phi) is 3.40. The summed E-state index contributed by atoms with van der Waals surface area (Å²) in [6.45, 7) is 2.00. The van der Waals surface area contributed by atoms with Gasteiger partial charge in [0, 0.05) is 15.3 Å². The zero-order valence-electron chi connectivity index (χ0n) is 6.84. The number of anilines is 1. The Labute approximate surface area is 87.5 Å². The van der Waals surface area contributed by atoms with Crippen molar-refractivity contribution in [1.29, 1.82) is 0 Å². The second-order valence-corrected chi connectivity index (χ2v) is 3.83. The van der Waals surface area contributed by atoms with Gasteiger partial charge in [0.2, 0.25) is 0 Å². The molecule has 0 spiro atoms. The Balaban J connectivity index is 2.96. The molecule has 1 aromatic rings. The highest BCUT2D eigenvalue weighted by Gasteiger charge is 2.03. The number of halogens is 1. The summed E-state index contributed by atoms with van der Waals surface area (Å²) in [5, 5.41) is 2.68. The van der Waals surface area contributed by atoms with Crippen LogP contribution in [0.4, 0.5) is 5.69 Å². The molecule has 62 valence electrons. The largest absolute Gasteiger partial charge is 0.398 e. The summed E-state index contributed by atoms with van der Waals surface area (Å²) >= 11 is 2.21. The molecule has 0 saturated heterocycles. The van der Waals surface area contributed by atoms with Crippen molar-refractivity contribution in [2.75, 3.05) is 5.73 Å². The standard InChI is InChI=1S/C8H10BIN2/c1-5(12-9)6-2-3-8(11)7(10)4-6/h2-5,12H,11H2,1H3/t5-/m1/s1. The second kappa shape index (κ2) is 4.14. The quantitative estimate of drug-likeness (QED) is 0.487. The van der Waals surface area contributed by atoms with Gasteiger partial charge in [-0.2, -0.15) is 0 Å². The Morgan fingerprint density at radius 2 is 2.25 bits per heavy atom. The summed E-state index contributed by atoms with van der Waals surface area (Å²) in [6.07, 6.45) is 0. The smallest absolute Gasteiger partial charge is 0.178 e. The average Bonchev–Trinajstić information content (AvgIpc) is 2.08. The highest BCUT2D eigenvalue weighted by atomic mass is 127. The number of hydrogen-bond acceptors (Lipinski definition) is 2. The molecule has 0 fully saturated rings. The molecule has 1 rings (SSSR count). The van der Waals surface area contributed by atoms with Crippen molar-refractivity contribution in [2.45, 2.75) is 13.0 Å². The average molecular weight is 272 g/mol. The number of nitrogen functional groups attached to an aromatic ring is 1. The third kappa shape index (κ3) is 2.14. The molecule has 3 N–H and O–H groups in total. The van der Waals surface area contributed by atoms with Crippen LogP contribution >= 0.6 is 22.6 Å². The maximum Gasteiger partial charge on any atom is 0.178 e. The van der Waals surface area contributed by atoms with Crippen molar-refractivity contribution in [2.24, 2.45) is 0 Å². The fourth-order valence-corrected chi connectivity index (χ4v) is 1.45. The van der Waals surface area contributed by atoms with Gasteiger partial charge in [-0.05, 0) is 47.2 Å². The number of rotatable bonds is 2. The molecule has 0 unspecified atom stereocenters. The maximum absolute atomic E-state index is 5.67. The third-order valence-electron chi connectivity index (χ3n) is 1.77. The van der Waals surface area contributed by atoms with Gasteiger partial charge in [0.15, 0.2) is 7.98 Å². The molecule has 1 atom stereocenters. The van der Waals surface area contributed by atoms with Crippen molar-refractivity contribution in [1.82, 2.24) is 5.23 Å². The first-order chi connectivity index (χ1) is 5.65. The molecule has 2 radical (unpaired) electrons. The number of hydrogen-bond donors (Lipinski definition) is 2. The topological polar surface area (TPSA) is 38.0 Å². The Morgan fingerprint density at radius 3 is 2.75 bits per heavy atom.